The molecular formula is C18H16N2O. The van der Waals surface area contributed by atoms with Crippen LogP contribution in [-0.2, 0) is 11.2 Å². The molecule has 0 spiro atoms. The van der Waals surface area contributed by atoms with Crippen molar-refractivity contribution in [2.75, 3.05) is 11.4 Å². The SMILES string of the molecule is N#CC1CC(=O)N(c2ccccc2Cc2ccccc2)C1. The first-order chi connectivity index (χ1) is 10.3. The summed E-state index contributed by atoms with van der Waals surface area (Å²) in [5, 5.41) is 9.02. The van der Waals surface area contributed by atoms with Gasteiger partial charge in [-0.25, -0.2) is 0 Å². The molecule has 1 aliphatic heterocycles. The molecule has 0 bridgehead atoms. The first-order valence-corrected chi connectivity index (χ1v) is 7.10. The van der Waals surface area contributed by atoms with Crippen molar-refractivity contribution in [2.24, 2.45) is 5.92 Å². The molecule has 21 heavy (non-hydrogen) atoms. The number of nitrogens with zero attached hydrogens (tertiary/aromatic N) is 2. The van der Waals surface area contributed by atoms with E-state index in [0.29, 0.717) is 13.0 Å². The lowest BCUT2D eigenvalue weighted by Crippen LogP contribution is -2.25. The minimum Gasteiger partial charge on any atom is -0.311 e. The lowest BCUT2D eigenvalue weighted by molar-refractivity contribution is -0.117. The maximum atomic E-state index is 12.1. The molecule has 1 saturated heterocycles. The lowest BCUT2D eigenvalue weighted by Gasteiger charge is -2.20. The highest BCUT2D eigenvalue weighted by molar-refractivity contribution is 5.96. The second-order valence-corrected chi connectivity index (χ2v) is 5.33. The summed E-state index contributed by atoms with van der Waals surface area (Å²) in [6.45, 7) is 0.501. The van der Waals surface area contributed by atoms with Gasteiger partial charge >= 0.3 is 0 Å². The van der Waals surface area contributed by atoms with Crippen molar-refractivity contribution in [3.63, 3.8) is 0 Å². The Labute approximate surface area is 124 Å². The molecule has 1 atom stereocenters. The summed E-state index contributed by atoms with van der Waals surface area (Å²) in [7, 11) is 0. The number of para-hydroxylation sites is 1. The molecule has 2 aromatic carbocycles. The van der Waals surface area contributed by atoms with E-state index < -0.39 is 0 Å². The number of nitriles is 1. The summed E-state index contributed by atoms with van der Waals surface area (Å²) >= 11 is 0. The van der Waals surface area contributed by atoms with Gasteiger partial charge in [0.2, 0.25) is 5.91 Å². The Kier molecular flexibility index (Phi) is 3.70. The maximum absolute atomic E-state index is 12.1. The van der Waals surface area contributed by atoms with Crippen LogP contribution in [0.25, 0.3) is 0 Å². The standard InChI is InChI=1S/C18H16N2O/c19-12-15-11-18(21)20(13-15)17-9-5-4-8-16(17)10-14-6-2-1-3-7-14/h1-9,15H,10-11,13H2. The number of hydrogen-bond acceptors (Lipinski definition) is 2. The van der Waals surface area contributed by atoms with E-state index in [9.17, 15) is 4.79 Å². The predicted octanol–water partition coefficient (Wildman–Crippen LogP) is 3.15. The van der Waals surface area contributed by atoms with Crippen LogP contribution in [0.5, 0.6) is 0 Å². The van der Waals surface area contributed by atoms with Gasteiger partial charge in [-0.2, -0.15) is 5.26 Å². The molecule has 3 heteroatoms. The quantitative estimate of drug-likeness (QED) is 0.864. The van der Waals surface area contributed by atoms with E-state index in [0.717, 1.165) is 17.7 Å². The summed E-state index contributed by atoms with van der Waals surface area (Å²) in [4.78, 5) is 13.9. The van der Waals surface area contributed by atoms with E-state index in [-0.39, 0.29) is 11.8 Å². The molecule has 104 valence electrons. The number of carbonyl (C=O) groups is 1. The molecule has 0 aromatic heterocycles. The van der Waals surface area contributed by atoms with Gasteiger partial charge in [0.15, 0.2) is 0 Å². The fourth-order valence-electron chi connectivity index (χ4n) is 2.77. The van der Waals surface area contributed by atoms with E-state index in [2.05, 4.69) is 24.3 Å². The molecule has 0 radical (unpaired) electrons. The van der Waals surface area contributed by atoms with Crippen LogP contribution in [0.1, 0.15) is 17.5 Å². The average molecular weight is 276 g/mol. The van der Waals surface area contributed by atoms with Crippen LogP contribution < -0.4 is 4.90 Å². The summed E-state index contributed by atoms with van der Waals surface area (Å²) in [6.07, 6.45) is 1.12. The highest BCUT2D eigenvalue weighted by Gasteiger charge is 2.31. The molecule has 1 aliphatic rings. The third-order valence-corrected chi connectivity index (χ3v) is 3.83. The monoisotopic (exact) mass is 276 g/mol. The van der Waals surface area contributed by atoms with Crippen LogP contribution in [0.15, 0.2) is 54.6 Å². The van der Waals surface area contributed by atoms with Gasteiger partial charge in [-0.05, 0) is 23.6 Å². The van der Waals surface area contributed by atoms with Gasteiger partial charge in [0, 0.05) is 18.7 Å². The van der Waals surface area contributed by atoms with Crippen molar-refractivity contribution in [1.29, 1.82) is 5.26 Å². The van der Waals surface area contributed by atoms with Gasteiger partial charge in [0.05, 0.1) is 12.0 Å². The van der Waals surface area contributed by atoms with E-state index in [4.69, 9.17) is 5.26 Å². The van der Waals surface area contributed by atoms with E-state index in [1.54, 1.807) is 4.90 Å². The highest BCUT2D eigenvalue weighted by Crippen LogP contribution is 2.29. The van der Waals surface area contributed by atoms with Crippen LogP contribution >= 0.6 is 0 Å². The largest absolute Gasteiger partial charge is 0.311 e. The summed E-state index contributed by atoms with van der Waals surface area (Å²) in [6, 6.07) is 20.4. The van der Waals surface area contributed by atoms with Gasteiger partial charge < -0.3 is 4.90 Å². The Morgan fingerprint density at radius 3 is 2.52 bits per heavy atom. The third kappa shape index (κ3) is 2.80. The van der Waals surface area contributed by atoms with Gasteiger partial charge in [0.1, 0.15) is 0 Å². The Hall–Kier alpha value is -2.60. The topological polar surface area (TPSA) is 44.1 Å². The number of anilines is 1. The van der Waals surface area contributed by atoms with E-state index in [1.807, 2.05) is 36.4 Å². The number of amides is 1. The van der Waals surface area contributed by atoms with Crippen molar-refractivity contribution in [1.82, 2.24) is 0 Å². The van der Waals surface area contributed by atoms with Gasteiger partial charge in [-0.3, -0.25) is 4.79 Å². The smallest absolute Gasteiger partial charge is 0.228 e. The highest BCUT2D eigenvalue weighted by atomic mass is 16.2. The zero-order valence-electron chi connectivity index (χ0n) is 11.7. The van der Waals surface area contributed by atoms with Crippen LogP contribution in [-0.4, -0.2) is 12.5 Å². The van der Waals surface area contributed by atoms with Crippen molar-refractivity contribution in [2.45, 2.75) is 12.8 Å². The minimum atomic E-state index is -0.192. The Bertz CT molecular complexity index is 688. The maximum Gasteiger partial charge on any atom is 0.228 e. The number of rotatable bonds is 3. The predicted molar refractivity (Wildman–Crippen MR) is 81.8 cm³/mol. The van der Waals surface area contributed by atoms with Crippen molar-refractivity contribution in [3.8, 4) is 6.07 Å². The molecule has 1 heterocycles. The summed E-state index contributed by atoms with van der Waals surface area (Å²) < 4.78 is 0. The first kappa shape index (κ1) is 13.4. The summed E-state index contributed by atoms with van der Waals surface area (Å²) in [5.74, 6) is -0.149. The van der Waals surface area contributed by atoms with Gasteiger partial charge in [0.25, 0.3) is 0 Å². The third-order valence-electron chi connectivity index (χ3n) is 3.83. The Morgan fingerprint density at radius 1 is 1.10 bits per heavy atom. The van der Waals surface area contributed by atoms with Crippen LogP contribution in [0.4, 0.5) is 5.69 Å². The van der Waals surface area contributed by atoms with Crippen molar-refractivity contribution >= 4 is 11.6 Å². The molecule has 0 N–H and O–H groups in total. The molecule has 3 rings (SSSR count). The van der Waals surface area contributed by atoms with Crippen LogP contribution in [0.2, 0.25) is 0 Å². The zero-order chi connectivity index (χ0) is 14.7. The van der Waals surface area contributed by atoms with Gasteiger partial charge in [-0.1, -0.05) is 48.5 Å². The fourth-order valence-corrected chi connectivity index (χ4v) is 2.77. The van der Waals surface area contributed by atoms with Gasteiger partial charge in [-0.15, -0.1) is 0 Å². The molecular weight excluding hydrogens is 260 g/mol. The van der Waals surface area contributed by atoms with Crippen LogP contribution in [0, 0.1) is 17.2 Å². The van der Waals surface area contributed by atoms with E-state index >= 15 is 0 Å². The summed E-state index contributed by atoms with van der Waals surface area (Å²) in [5.41, 5.74) is 3.27. The minimum absolute atomic E-state index is 0.0436. The fraction of sp³-hybridized carbons (Fsp3) is 0.222. The first-order valence-electron chi connectivity index (χ1n) is 7.10. The van der Waals surface area contributed by atoms with Crippen LogP contribution in [0.3, 0.4) is 0 Å². The Balaban J connectivity index is 1.90. The second kappa shape index (κ2) is 5.80. The molecule has 2 aromatic rings. The van der Waals surface area contributed by atoms with Crippen molar-refractivity contribution in [3.05, 3.63) is 65.7 Å². The Morgan fingerprint density at radius 2 is 1.81 bits per heavy atom. The van der Waals surface area contributed by atoms with Crippen molar-refractivity contribution < 1.29 is 4.79 Å². The molecule has 3 nitrogen and oxygen atoms in total. The zero-order valence-corrected chi connectivity index (χ0v) is 11.7. The molecule has 1 unspecified atom stereocenters. The number of carbonyl (C=O) groups excluding carboxylic acids is 1. The average Bonchev–Trinajstić information content (AvgIpc) is 2.90. The molecule has 0 saturated carbocycles. The number of benzene rings is 2. The van der Waals surface area contributed by atoms with E-state index in [1.165, 1.54) is 5.56 Å². The lowest BCUT2D eigenvalue weighted by atomic mass is 10.0. The number of hydrogen-bond donors (Lipinski definition) is 0. The molecule has 0 aliphatic carbocycles. The second-order valence-electron chi connectivity index (χ2n) is 5.33. The normalized spacial score (nSPS) is 17.8. The molecule has 1 fully saturated rings. The molecule has 1 amide bonds.